The molecule has 1 aliphatic carbocycles. The van der Waals surface area contributed by atoms with Gasteiger partial charge < -0.3 is 4.90 Å². The van der Waals surface area contributed by atoms with Crippen molar-refractivity contribution in [3.8, 4) is 0 Å². The summed E-state index contributed by atoms with van der Waals surface area (Å²) in [6.45, 7) is 7.14. The van der Waals surface area contributed by atoms with Crippen molar-refractivity contribution >= 4 is 12.6 Å². The molecule has 0 heterocycles. The molecule has 0 N–H and O–H groups in total. The molecule has 0 spiro atoms. The van der Waals surface area contributed by atoms with E-state index in [1.807, 2.05) is 0 Å². The van der Waals surface area contributed by atoms with Crippen molar-refractivity contribution in [2.24, 2.45) is 11.3 Å². The Bertz CT molecular complexity index is 175. The zero-order valence-electron chi connectivity index (χ0n) is 11.3. The van der Waals surface area contributed by atoms with Gasteiger partial charge in [0.1, 0.15) is 0 Å². The average molecular weight is 243 g/mol. The minimum Gasteiger partial charge on any atom is -0.306 e. The van der Waals surface area contributed by atoms with Gasteiger partial charge in [0.15, 0.2) is 0 Å². The molecular formula is C14H29NS. The van der Waals surface area contributed by atoms with E-state index in [1.165, 1.54) is 51.6 Å². The van der Waals surface area contributed by atoms with Gasteiger partial charge in [0.2, 0.25) is 0 Å². The van der Waals surface area contributed by atoms with E-state index in [1.54, 1.807) is 0 Å². The van der Waals surface area contributed by atoms with Gasteiger partial charge in [-0.05, 0) is 49.8 Å². The van der Waals surface area contributed by atoms with Crippen LogP contribution in [-0.4, -0.2) is 30.8 Å². The molecule has 0 radical (unpaired) electrons. The van der Waals surface area contributed by atoms with Gasteiger partial charge in [0, 0.05) is 13.1 Å². The predicted octanol–water partition coefficient (Wildman–Crippen LogP) is 3.84. The summed E-state index contributed by atoms with van der Waals surface area (Å²) < 4.78 is 0. The highest BCUT2D eigenvalue weighted by Gasteiger charge is 2.27. The van der Waals surface area contributed by atoms with Gasteiger partial charge in [-0.25, -0.2) is 0 Å². The molecule has 1 rings (SSSR count). The third kappa shape index (κ3) is 3.96. The van der Waals surface area contributed by atoms with Gasteiger partial charge in [0.05, 0.1) is 0 Å². The lowest BCUT2D eigenvalue weighted by molar-refractivity contribution is 0.166. The fourth-order valence-electron chi connectivity index (χ4n) is 3.02. The maximum Gasteiger partial charge on any atom is 0.00427 e. The summed E-state index contributed by atoms with van der Waals surface area (Å²) in [7, 11) is 2.29. The fraction of sp³-hybridized carbons (Fsp3) is 1.00. The van der Waals surface area contributed by atoms with Crippen LogP contribution in [-0.2, 0) is 0 Å². The van der Waals surface area contributed by atoms with E-state index >= 15 is 0 Å². The predicted molar refractivity (Wildman–Crippen MR) is 76.3 cm³/mol. The first kappa shape index (κ1) is 14.4. The zero-order valence-corrected chi connectivity index (χ0v) is 12.2. The second kappa shape index (κ2) is 6.90. The Balaban J connectivity index is 2.38. The number of nitrogens with zero attached hydrogens (tertiary/aromatic N) is 1. The van der Waals surface area contributed by atoms with Gasteiger partial charge >= 0.3 is 0 Å². The van der Waals surface area contributed by atoms with Crippen LogP contribution in [0.4, 0.5) is 0 Å². The lowest BCUT2D eigenvalue weighted by atomic mass is 9.83. The van der Waals surface area contributed by atoms with Gasteiger partial charge in [-0.15, -0.1) is 0 Å². The molecule has 1 nitrogen and oxygen atoms in total. The lowest BCUT2D eigenvalue weighted by Crippen LogP contribution is -2.38. The van der Waals surface area contributed by atoms with Crippen molar-refractivity contribution in [3.63, 3.8) is 0 Å². The summed E-state index contributed by atoms with van der Waals surface area (Å²) in [6.07, 6.45) is 8.33. The van der Waals surface area contributed by atoms with Crippen LogP contribution in [0.15, 0.2) is 0 Å². The van der Waals surface area contributed by atoms with Crippen LogP contribution < -0.4 is 0 Å². The van der Waals surface area contributed by atoms with Crippen molar-refractivity contribution in [2.45, 2.75) is 52.4 Å². The minimum absolute atomic E-state index is 0.441. The summed E-state index contributed by atoms with van der Waals surface area (Å²) >= 11 is 4.56. The van der Waals surface area contributed by atoms with E-state index in [0.717, 1.165) is 11.7 Å². The third-order valence-electron chi connectivity index (χ3n) is 4.49. The largest absolute Gasteiger partial charge is 0.306 e. The monoisotopic (exact) mass is 243 g/mol. The van der Waals surface area contributed by atoms with Crippen LogP contribution in [0.25, 0.3) is 0 Å². The summed E-state index contributed by atoms with van der Waals surface area (Å²) in [5.41, 5.74) is 0.441. The maximum absolute atomic E-state index is 4.56. The van der Waals surface area contributed by atoms with Crippen LogP contribution >= 0.6 is 12.6 Å². The summed E-state index contributed by atoms with van der Waals surface area (Å²) in [6, 6.07) is 0. The number of rotatable bonds is 7. The number of hydrogen-bond acceptors (Lipinski definition) is 2. The molecule has 0 aromatic heterocycles. The molecule has 0 aliphatic heterocycles. The second-order valence-corrected chi connectivity index (χ2v) is 6.03. The van der Waals surface area contributed by atoms with E-state index in [9.17, 15) is 0 Å². The van der Waals surface area contributed by atoms with Crippen LogP contribution in [0.1, 0.15) is 52.4 Å². The molecule has 1 fully saturated rings. The normalized spacial score (nSPS) is 18.6. The van der Waals surface area contributed by atoms with E-state index in [4.69, 9.17) is 0 Å². The molecule has 0 amide bonds. The van der Waals surface area contributed by atoms with Gasteiger partial charge in [-0.2, -0.15) is 12.6 Å². The van der Waals surface area contributed by atoms with E-state index in [2.05, 4.69) is 38.4 Å². The smallest absolute Gasteiger partial charge is 0.00427 e. The first-order chi connectivity index (χ1) is 7.65. The quantitative estimate of drug-likeness (QED) is 0.665. The Morgan fingerprint density at radius 2 is 1.75 bits per heavy atom. The average Bonchev–Trinajstić information content (AvgIpc) is 2.79. The van der Waals surface area contributed by atoms with Crippen LogP contribution in [0, 0.1) is 11.3 Å². The molecule has 16 heavy (non-hydrogen) atoms. The summed E-state index contributed by atoms with van der Waals surface area (Å²) in [5, 5.41) is 0. The molecule has 1 aliphatic rings. The van der Waals surface area contributed by atoms with Gasteiger partial charge in [-0.1, -0.05) is 26.7 Å². The third-order valence-corrected chi connectivity index (χ3v) is 5.16. The van der Waals surface area contributed by atoms with Gasteiger partial charge in [0.25, 0.3) is 0 Å². The van der Waals surface area contributed by atoms with Crippen LogP contribution in [0.3, 0.4) is 0 Å². The molecule has 2 heteroatoms. The molecule has 0 atom stereocenters. The second-order valence-electron chi connectivity index (χ2n) is 5.71. The minimum atomic E-state index is 0.441. The first-order valence-electron chi connectivity index (χ1n) is 6.95. The summed E-state index contributed by atoms with van der Waals surface area (Å²) in [4.78, 5) is 2.55. The molecule has 0 unspecified atom stereocenters. The molecule has 0 bridgehead atoms. The number of hydrogen-bond donors (Lipinski definition) is 1. The molecule has 0 aromatic rings. The molecule has 0 aromatic carbocycles. The highest BCUT2D eigenvalue weighted by atomic mass is 32.1. The lowest BCUT2D eigenvalue weighted by Gasteiger charge is -2.35. The SMILES string of the molecule is CCC(CC)(CS)CN(C)CC1CCCC1. The van der Waals surface area contributed by atoms with Crippen LogP contribution in [0.5, 0.6) is 0 Å². The topological polar surface area (TPSA) is 3.24 Å². The van der Waals surface area contributed by atoms with E-state index in [-0.39, 0.29) is 0 Å². The van der Waals surface area contributed by atoms with Crippen molar-refractivity contribution in [2.75, 3.05) is 25.9 Å². The van der Waals surface area contributed by atoms with Crippen LogP contribution in [0.2, 0.25) is 0 Å². The highest BCUT2D eigenvalue weighted by molar-refractivity contribution is 7.80. The molecule has 0 saturated heterocycles. The first-order valence-corrected chi connectivity index (χ1v) is 7.58. The van der Waals surface area contributed by atoms with Crippen molar-refractivity contribution in [1.29, 1.82) is 0 Å². The maximum atomic E-state index is 4.56. The van der Waals surface area contributed by atoms with Gasteiger partial charge in [-0.3, -0.25) is 0 Å². The van der Waals surface area contributed by atoms with E-state index in [0.29, 0.717) is 5.41 Å². The number of thiol groups is 1. The summed E-state index contributed by atoms with van der Waals surface area (Å²) in [5.74, 6) is 1.99. The highest BCUT2D eigenvalue weighted by Crippen LogP contribution is 2.30. The zero-order chi connectivity index (χ0) is 12.0. The van der Waals surface area contributed by atoms with Crippen molar-refractivity contribution < 1.29 is 0 Å². The molecule has 96 valence electrons. The Labute approximate surface area is 107 Å². The Morgan fingerprint density at radius 1 is 1.19 bits per heavy atom. The van der Waals surface area contributed by atoms with Crippen molar-refractivity contribution in [3.05, 3.63) is 0 Å². The standard InChI is InChI=1S/C14H29NS/c1-4-14(5-2,12-16)11-15(3)10-13-8-6-7-9-13/h13,16H,4-12H2,1-3H3. The Morgan fingerprint density at radius 3 is 2.19 bits per heavy atom. The Hall–Kier alpha value is 0.310. The van der Waals surface area contributed by atoms with Crippen molar-refractivity contribution in [1.82, 2.24) is 4.90 Å². The molecular weight excluding hydrogens is 214 g/mol. The Kier molecular flexibility index (Phi) is 6.20. The molecule has 1 saturated carbocycles. The fourth-order valence-corrected chi connectivity index (χ4v) is 3.57. The van der Waals surface area contributed by atoms with E-state index < -0.39 is 0 Å².